The van der Waals surface area contributed by atoms with E-state index in [1.54, 1.807) is 11.1 Å². The van der Waals surface area contributed by atoms with Crippen LogP contribution in [0.3, 0.4) is 0 Å². The molecule has 2 aromatic rings. The summed E-state index contributed by atoms with van der Waals surface area (Å²) >= 11 is 0. The largest absolute Gasteiger partial charge is 0.354 e. The molecule has 2 aliphatic rings. The van der Waals surface area contributed by atoms with Crippen LogP contribution in [-0.4, -0.2) is 60.1 Å². The fourth-order valence-corrected chi connectivity index (χ4v) is 4.72. The molecule has 0 radical (unpaired) electrons. The predicted octanol–water partition coefficient (Wildman–Crippen LogP) is 1.01. The number of hydrogen-bond donors (Lipinski definition) is 1. The summed E-state index contributed by atoms with van der Waals surface area (Å²) in [5, 5.41) is 2.61. The molecule has 1 aromatic heterocycles. The molecule has 1 saturated heterocycles. The molecule has 2 heterocycles. The third-order valence-electron chi connectivity index (χ3n) is 5.05. The maximum atomic E-state index is 13.0. The molecule has 4 rings (SSSR count). The molecule has 0 atom stereocenters. The summed E-state index contributed by atoms with van der Waals surface area (Å²) in [5.41, 5.74) is 1.25. The van der Waals surface area contributed by atoms with E-state index in [0.717, 1.165) is 22.8 Å². The fraction of sp³-hybridized carbons (Fsp3) is 0.350. The molecule has 8 nitrogen and oxygen atoms in total. The minimum atomic E-state index is -3.77. The van der Waals surface area contributed by atoms with Gasteiger partial charge in [0.05, 0.1) is 23.7 Å². The van der Waals surface area contributed by atoms with E-state index in [1.807, 2.05) is 18.2 Å². The van der Waals surface area contributed by atoms with Gasteiger partial charge in [0.2, 0.25) is 15.9 Å². The van der Waals surface area contributed by atoms with E-state index in [0.29, 0.717) is 18.7 Å². The number of amides is 2. The number of carbonyl (C=O) groups is 2. The van der Waals surface area contributed by atoms with Crippen LogP contribution in [0.1, 0.15) is 28.9 Å². The van der Waals surface area contributed by atoms with Crippen molar-refractivity contribution in [3.8, 4) is 0 Å². The quantitative estimate of drug-likeness (QED) is 0.760. The normalized spacial score (nSPS) is 17.6. The summed E-state index contributed by atoms with van der Waals surface area (Å²) in [5.74, 6) is -0.458. The number of hydrogen-bond acceptors (Lipinski definition) is 5. The van der Waals surface area contributed by atoms with Crippen LogP contribution in [0.4, 0.5) is 0 Å². The van der Waals surface area contributed by atoms with Crippen molar-refractivity contribution in [1.29, 1.82) is 0 Å². The van der Waals surface area contributed by atoms with E-state index in [2.05, 4.69) is 10.3 Å². The highest BCUT2D eigenvalue weighted by Crippen LogP contribution is 2.30. The number of benzene rings is 1. The fourth-order valence-electron chi connectivity index (χ4n) is 3.32. The second-order valence-corrected chi connectivity index (χ2v) is 9.14. The highest BCUT2D eigenvalue weighted by atomic mass is 32.2. The number of pyridine rings is 1. The second kappa shape index (κ2) is 7.92. The molecule has 2 fully saturated rings. The molecule has 1 aliphatic carbocycles. The van der Waals surface area contributed by atoms with Crippen molar-refractivity contribution in [2.24, 2.45) is 0 Å². The first-order chi connectivity index (χ1) is 13.9. The highest BCUT2D eigenvalue weighted by Gasteiger charge is 2.34. The van der Waals surface area contributed by atoms with Crippen LogP contribution < -0.4 is 5.32 Å². The Bertz CT molecular complexity index is 1000. The van der Waals surface area contributed by atoms with Gasteiger partial charge >= 0.3 is 0 Å². The van der Waals surface area contributed by atoms with E-state index in [4.69, 9.17) is 0 Å². The van der Waals surface area contributed by atoms with Gasteiger partial charge in [-0.1, -0.05) is 6.07 Å². The molecular formula is C20H22N4O4S. The molecule has 152 valence electrons. The van der Waals surface area contributed by atoms with Gasteiger partial charge in [-0.25, -0.2) is 8.42 Å². The smallest absolute Gasteiger partial charge is 0.254 e. The molecule has 0 bridgehead atoms. The number of aromatic nitrogens is 1. The molecule has 0 spiro atoms. The van der Waals surface area contributed by atoms with Gasteiger partial charge in [0.1, 0.15) is 0 Å². The van der Waals surface area contributed by atoms with Gasteiger partial charge in [0, 0.05) is 30.9 Å². The first-order valence-corrected chi connectivity index (χ1v) is 11.0. The average Bonchev–Trinajstić information content (AvgIpc) is 3.58. The molecule has 1 aromatic carbocycles. The summed E-state index contributed by atoms with van der Waals surface area (Å²) in [6.45, 7) is 0.753. The minimum Gasteiger partial charge on any atom is -0.354 e. The van der Waals surface area contributed by atoms with Gasteiger partial charge in [-0.15, -0.1) is 0 Å². The zero-order chi connectivity index (χ0) is 20.4. The van der Waals surface area contributed by atoms with Crippen LogP contribution in [0.15, 0.2) is 53.6 Å². The van der Waals surface area contributed by atoms with E-state index in [-0.39, 0.29) is 35.8 Å². The maximum absolute atomic E-state index is 13.0. The molecule has 1 N–H and O–H groups in total. The number of rotatable bonds is 6. The molecule has 29 heavy (non-hydrogen) atoms. The summed E-state index contributed by atoms with van der Waals surface area (Å²) in [7, 11) is -3.77. The van der Waals surface area contributed by atoms with Crippen molar-refractivity contribution in [2.75, 3.05) is 19.6 Å². The van der Waals surface area contributed by atoms with Crippen LogP contribution in [0.5, 0.6) is 0 Å². The van der Waals surface area contributed by atoms with E-state index >= 15 is 0 Å². The Labute approximate surface area is 169 Å². The van der Waals surface area contributed by atoms with Gasteiger partial charge in [-0.05, 0) is 49.2 Å². The lowest BCUT2D eigenvalue weighted by Gasteiger charge is -2.26. The minimum absolute atomic E-state index is 0.0754. The zero-order valence-electron chi connectivity index (χ0n) is 15.8. The van der Waals surface area contributed by atoms with Crippen LogP contribution in [0, 0.1) is 0 Å². The van der Waals surface area contributed by atoms with Crippen molar-refractivity contribution in [3.63, 3.8) is 0 Å². The van der Waals surface area contributed by atoms with Gasteiger partial charge in [0.25, 0.3) is 5.91 Å². The molecule has 2 amide bonds. The Hall–Kier alpha value is -2.78. The van der Waals surface area contributed by atoms with Gasteiger partial charge in [0.15, 0.2) is 0 Å². The standard InChI is InChI=1S/C20H22N4O4S/c25-19-14-23(12-11-22-19)29(27,28)18-8-4-15(5-9-18)20(26)24(17-6-7-17)13-16-3-1-2-10-21-16/h1-5,8-10,17H,6-7,11-14H2,(H,22,25). The van der Waals surface area contributed by atoms with Crippen molar-refractivity contribution < 1.29 is 18.0 Å². The van der Waals surface area contributed by atoms with Crippen molar-refractivity contribution in [3.05, 3.63) is 59.9 Å². The zero-order valence-corrected chi connectivity index (χ0v) is 16.6. The van der Waals surface area contributed by atoms with E-state index in [9.17, 15) is 18.0 Å². The number of nitrogens with zero attached hydrogens (tertiary/aromatic N) is 3. The summed E-state index contributed by atoms with van der Waals surface area (Å²) in [6, 6.07) is 11.7. The Morgan fingerprint density at radius 1 is 1.17 bits per heavy atom. The van der Waals surface area contributed by atoms with Crippen molar-refractivity contribution >= 4 is 21.8 Å². The van der Waals surface area contributed by atoms with Gasteiger partial charge in [-0.2, -0.15) is 4.31 Å². The number of nitrogens with one attached hydrogen (secondary N) is 1. The Morgan fingerprint density at radius 2 is 1.93 bits per heavy atom. The third-order valence-corrected chi connectivity index (χ3v) is 6.91. The topological polar surface area (TPSA) is 99.7 Å². The Morgan fingerprint density at radius 3 is 2.55 bits per heavy atom. The molecule has 9 heteroatoms. The molecule has 1 aliphatic heterocycles. The Kier molecular flexibility index (Phi) is 5.33. The van der Waals surface area contributed by atoms with Crippen LogP contribution in [0.2, 0.25) is 0 Å². The third kappa shape index (κ3) is 4.30. The summed E-state index contributed by atoms with van der Waals surface area (Å²) < 4.78 is 26.7. The lowest BCUT2D eigenvalue weighted by molar-refractivity contribution is -0.122. The second-order valence-electron chi connectivity index (χ2n) is 7.20. The monoisotopic (exact) mass is 414 g/mol. The Balaban J connectivity index is 1.52. The van der Waals surface area contributed by atoms with Crippen molar-refractivity contribution in [2.45, 2.75) is 30.3 Å². The van der Waals surface area contributed by atoms with Gasteiger partial charge < -0.3 is 10.2 Å². The summed E-state index contributed by atoms with van der Waals surface area (Å²) in [4.78, 5) is 30.7. The predicted molar refractivity (Wildman–Crippen MR) is 105 cm³/mol. The first kappa shape index (κ1) is 19.5. The van der Waals surface area contributed by atoms with Crippen LogP contribution in [0.25, 0.3) is 0 Å². The summed E-state index contributed by atoms with van der Waals surface area (Å²) in [6.07, 6.45) is 3.62. The number of sulfonamides is 1. The lowest BCUT2D eigenvalue weighted by Crippen LogP contribution is -2.49. The first-order valence-electron chi connectivity index (χ1n) is 9.53. The van der Waals surface area contributed by atoms with E-state index < -0.39 is 10.0 Å². The lowest BCUT2D eigenvalue weighted by atomic mass is 10.2. The number of carbonyl (C=O) groups excluding carboxylic acids is 2. The number of piperazine rings is 1. The van der Waals surface area contributed by atoms with Crippen LogP contribution in [-0.2, 0) is 21.4 Å². The van der Waals surface area contributed by atoms with Crippen molar-refractivity contribution in [1.82, 2.24) is 19.5 Å². The van der Waals surface area contributed by atoms with E-state index in [1.165, 1.54) is 24.3 Å². The molecular weight excluding hydrogens is 392 g/mol. The maximum Gasteiger partial charge on any atom is 0.254 e. The molecule has 0 unspecified atom stereocenters. The van der Waals surface area contributed by atoms with Gasteiger partial charge in [-0.3, -0.25) is 14.6 Å². The highest BCUT2D eigenvalue weighted by molar-refractivity contribution is 7.89. The van der Waals surface area contributed by atoms with Crippen LogP contribution >= 0.6 is 0 Å². The average molecular weight is 414 g/mol. The molecule has 1 saturated carbocycles. The SMILES string of the molecule is O=C1CN(S(=O)(=O)c2ccc(C(=O)N(Cc3ccccn3)C3CC3)cc2)CCN1.